The molecule has 1 saturated heterocycles. The minimum Gasteiger partial charge on any atom is -0.481 e. The van der Waals surface area contributed by atoms with E-state index >= 15 is 0 Å². The number of fused-ring (bicyclic) bond motifs is 2. The highest BCUT2D eigenvalue weighted by molar-refractivity contribution is 6.39. The van der Waals surface area contributed by atoms with Gasteiger partial charge in [0, 0.05) is 68.1 Å². The Kier molecular flexibility index (Phi) is 10.9. The van der Waals surface area contributed by atoms with E-state index in [4.69, 9.17) is 32.9 Å². The third kappa shape index (κ3) is 7.40. The number of benzene rings is 2. The first-order valence-electron chi connectivity index (χ1n) is 18.0. The van der Waals surface area contributed by atoms with E-state index in [0.29, 0.717) is 52.9 Å². The molecule has 2 atom stereocenters. The SMILES string of the molecule is COc1nc(-c2cccc(-c3cccc(Nc4nc(C(F)(F)F)nc5c4c(=O)n(C)c(=O)n5C)c3Cl)c2Cl)cc2c1C(N(C)CCC1CN(CCO)C(=O)N1)CC2. The van der Waals surface area contributed by atoms with E-state index in [-0.39, 0.29) is 40.8 Å². The van der Waals surface area contributed by atoms with Gasteiger partial charge >= 0.3 is 17.9 Å². The molecule has 14 nitrogen and oxygen atoms in total. The minimum absolute atomic E-state index is 0.0193. The number of β-amino-alcohol motifs (C(OH)–C–C–N with tert-alkyl or cyclic N) is 1. The fourth-order valence-electron chi connectivity index (χ4n) is 7.55. The number of hydrogen-bond acceptors (Lipinski definition) is 10. The van der Waals surface area contributed by atoms with Crippen LogP contribution in [0.4, 0.5) is 29.5 Å². The van der Waals surface area contributed by atoms with Gasteiger partial charge in [-0.25, -0.2) is 24.5 Å². The van der Waals surface area contributed by atoms with Crippen LogP contribution in [0.15, 0.2) is 52.1 Å². The van der Waals surface area contributed by atoms with Gasteiger partial charge in [0.05, 0.1) is 35.1 Å². The summed E-state index contributed by atoms with van der Waals surface area (Å²) in [7, 11) is 6.01. The van der Waals surface area contributed by atoms with Crippen LogP contribution in [0.25, 0.3) is 33.4 Å². The van der Waals surface area contributed by atoms with Gasteiger partial charge < -0.3 is 25.4 Å². The average Bonchev–Trinajstić information content (AvgIpc) is 3.78. The van der Waals surface area contributed by atoms with E-state index < -0.39 is 34.7 Å². The minimum atomic E-state index is -4.99. The molecule has 57 heavy (non-hydrogen) atoms. The summed E-state index contributed by atoms with van der Waals surface area (Å²) in [6.45, 7) is 1.47. The molecule has 0 spiro atoms. The molecule has 300 valence electrons. The van der Waals surface area contributed by atoms with Crippen LogP contribution in [-0.2, 0) is 26.7 Å². The molecule has 2 aromatic carbocycles. The van der Waals surface area contributed by atoms with Crippen LogP contribution in [0.2, 0.25) is 10.0 Å². The van der Waals surface area contributed by atoms with Crippen molar-refractivity contribution in [3.63, 3.8) is 0 Å². The summed E-state index contributed by atoms with van der Waals surface area (Å²) in [5.74, 6) is -1.58. The third-order valence-corrected chi connectivity index (χ3v) is 11.3. The molecule has 2 aliphatic rings. The molecule has 4 heterocycles. The van der Waals surface area contributed by atoms with Crippen molar-refractivity contribution in [2.75, 3.05) is 45.7 Å². The summed E-state index contributed by atoms with van der Waals surface area (Å²) in [6, 6.07) is 12.0. The quantitative estimate of drug-likeness (QED) is 0.155. The molecule has 1 aliphatic carbocycles. The molecule has 5 aromatic rings. The number of hydrogen-bond donors (Lipinski definition) is 3. The lowest BCUT2D eigenvalue weighted by atomic mass is 9.99. The highest BCUT2D eigenvalue weighted by Gasteiger charge is 2.37. The number of nitrogens with one attached hydrogen (secondary N) is 2. The monoisotopic (exact) mass is 827 g/mol. The Hall–Kier alpha value is -5.23. The Bertz CT molecular complexity index is 2530. The van der Waals surface area contributed by atoms with Crippen LogP contribution in [0, 0.1) is 0 Å². The Balaban J connectivity index is 1.19. The number of carbonyl (C=O) groups is 1. The van der Waals surface area contributed by atoms with Gasteiger partial charge in [0.2, 0.25) is 11.7 Å². The number of pyridine rings is 1. The van der Waals surface area contributed by atoms with Gasteiger partial charge in [0.1, 0.15) is 11.2 Å². The van der Waals surface area contributed by atoms with Crippen molar-refractivity contribution in [1.82, 2.24) is 39.2 Å². The zero-order valence-electron chi connectivity index (χ0n) is 31.2. The number of aryl methyl sites for hydroxylation is 2. The van der Waals surface area contributed by atoms with Gasteiger partial charge in [-0.05, 0) is 44.0 Å². The lowest BCUT2D eigenvalue weighted by Gasteiger charge is -2.27. The molecule has 1 fully saturated rings. The predicted octanol–water partition coefficient (Wildman–Crippen LogP) is 5.53. The number of ether oxygens (including phenoxy) is 1. The molecule has 0 saturated carbocycles. The summed E-state index contributed by atoms with van der Waals surface area (Å²) >= 11 is 14.1. The Morgan fingerprint density at radius 2 is 1.72 bits per heavy atom. The van der Waals surface area contributed by atoms with Gasteiger partial charge in [0.25, 0.3) is 5.56 Å². The van der Waals surface area contributed by atoms with Gasteiger partial charge in [-0.3, -0.25) is 18.8 Å². The summed E-state index contributed by atoms with van der Waals surface area (Å²) < 4.78 is 49.3. The number of alkyl halides is 3. The molecule has 3 aromatic heterocycles. The van der Waals surface area contributed by atoms with Crippen LogP contribution in [0.5, 0.6) is 5.88 Å². The summed E-state index contributed by atoms with van der Waals surface area (Å²) in [4.78, 5) is 53.9. The van der Waals surface area contributed by atoms with Crippen molar-refractivity contribution in [3.8, 4) is 28.3 Å². The summed E-state index contributed by atoms with van der Waals surface area (Å²) in [5.41, 5.74) is 1.98. The van der Waals surface area contributed by atoms with Crippen LogP contribution in [0.1, 0.15) is 35.8 Å². The maximum Gasteiger partial charge on any atom is 0.451 e. The lowest BCUT2D eigenvalue weighted by Crippen LogP contribution is -2.38. The first-order valence-corrected chi connectivity index (χ1v) is 18.7. The molecule has 7 rings (SSSR count). The van der Waals surface area contributed by atoms with E-state index in [9.17, 15) is 32.7 Å². The molecule has 3 N–H and O–H groups in total. The normalized spacial score (nSPS) is 16.8. The average molecular weight is 829 g/mol. The number of rotatable bonds is 11. The van der Waals surface area contributed by atoms with Crippen molar-refractivity contribution in [2.24, 2.45) is 14.1 Å². The number of aromatic nitrogens is 5. The maximum absolute atomic E-state index is 13.9. The van der Waals surface area contributed by atoms with E-state index in [1.807, 2.05) is 19.2 Å². The second-order valence-corrected chi connectivity index (χ2v) is 14.7. The molecule has 19 heteroatoms. The number of methoxy groups -OCH3 is 1. The first kappa shape index (κ1) is 40.0. The van der Waals surface area contributed by atoms with Crippen LogP contribution in [-0.4, -0.2) is 91.5 Å². The second-order valence-electron chi connectivity index (χ2n) is 14.0. The van der Waals surface area contributed by atoms with E-state index in [1.165, 1.54) is 20.2 Å². The number of aliphatic hydroxyl groups is 1. The van der Waals surface area contributed by atoms with Crippen molar-refractivity contribution in [3.05, 3.63) is 90.3 Å². The fourth-order valence-corrected chi connectivity index (χ4v) is 8.15. The molecular weight excluding hydrogens is 790 g/mol. The van der Waals surface area contributed by atoms with Gasteiger partial charge in [-0.15, -0.1) is 0 Å². The number of anilines is 2. The van der Waals surface area contributed by atoms with E-state index in [2.05, 4.69) is 25.5 Å². The molecule has 1 aliphatic heterocycles. The van der Waals surface area contributed by atoms with Crippen LogP contribution < -0.4 is 26.6 Å². The summed E-state index contributed by atoms with van der Waals surface area (Å²) in [6.07, 6.45) is -2.66. The van der Waals surface area contributed by atoms with Crippen LogP contribution >= 0.6 is 23.2 Å². The number of amides is 2. The first-order chi connectivity index (χ1) is 27.1. The molecule has 0 radical (unpaired) electrons. The highest BCUT2D eigenvalue weighted by Crippen LogP contribution is 2.45. The molecule has 0 bridgehead atoms. The smallest absolute Gasteiger partial charge is 0.451 e. The number of carbonyl (C=O) groups excluding carboxylic acids is 1. The Labute approximate surface area is 333 Å². The standard InChI is InChI=1S/C38H38Cl2F3N9O5/c1-49(14-13-20-18-52(15-16-53)36(55)44-20)26-12-11-19-17-25(46-33(57-4)27(19)26)23-9-5-7-21(29(23)39)22-8-6-10-24(30(22)40)45-31-28-32(48-35(47-31)38(41,42)43)50(2)37(56)51(3)34(28)54/h5-10,17,20,26,53H,11-16,18H2,1-4H3,(H,44,55)(H,45,47,48). The lowest BCUT2D eigenvalue weighted by molar-refractivity contribution is -0.144. The van der Waals surface area contributed by atoms with Gasteiger partial charge in [-0.1, -0.05) is 53.5 Å². The largest absolute Gasteiger partial charge is 0.481 e. The molecule has 2 unspecified atom stereocenters. The van der Waals surface area contributed by atoms with Crippen molar-refractivity contribution in [1.29, 1.82) is 0 Å². The third-order valence-electron chi connectivity index (χ3n) is 10.5. The number of nitrogens with zero attached hydrogens (tertiary/aromatic N) is 7. The molecular formula is C38H38Cl2F3N9O5. The topological polar surface area (TPSA) is 160 Å². The fraction of sp³-hybridized carbons (Fsp3) is 0.368. The highest BCUT2D eigenvalue weighted by atomic mass is 35.5. The van der Waals surface area contributed by atoms with Crippen molar-refractivity contribution in [2.45, 2.75) is 37.5 Å². The Morgan fingerprint density at radius 3 is 2.42 bits per heavy atom. The van der Waals surface area contributed by atoms with Crippen molar-refractivity contribution >= 4 is 51.8 Å². The van der Waals surface area contributed by atoms with Gasteiger partial charge in [0.15, 0.2) is 5.65 Å². The zero-order valence-corrected chi connectivity index (χ0v) is 32.8. The molecule has 2 amide bonds. The van der Waals surface area contributed by atoms with E-state index in [0.717, 1.165) is 39.5 Å². The van der Waals surface area contributed by atoms with Crippen LogP contribution in [0.3, 0.4) is 0 Å². The van der Waals surface area contributed by atoms with E-state index in [1.54, 1.807) is 36.3 Å². The number of aliphatic hydroxyl groups excluding tert-OH is 1. The van der Waals surface area contributed by atoms with Crippen molar-refractivity contribution < 1.29 is 27.8 Å². The number of urea groups is 1. The summed E-state index contributed by atoms with van der Waals surface area (Å²) in [5, 5.41) is 15.1. The van der Waals surface area contributed by atoms with Gasteiger partial charge in [-0.2, -0.15) is 13.2 Å². The maximum atomic E-state index is 13.9. The Morgan fingerprint density at radius 1 is 1.02 bits per heavy atom. The zero-order chi connectivity index (χ0) is 40.9. The second kappa shape index (κ2) is 15.6. The predicted molar refractivity (Wildman–Crippen MR) is 209 cm³/mol. The number of halogens is 5.